The standard InChI is InChI=1S/C30H34O4/c1-5-7-15-24-20-25(14-6-2)27(33-29(31)22-16-10-8-11-17-22)28(26(24)21(3)4)34-30(32)23-18-12-9-13-19-23/h8-13,16-21H,5-7,14-15H2,1-4H3. The largest absolute Gasteiger partial charge is 0.419 e. The Hall–Kier alpha value is -3.40. The van der Waals surface area contributed by atoms with Crippen LogP contribution in [0.3, 0.4) is 0 Å². The van der Waals surface area contributed by atoms with Gasteiger partial charge in [-0.2, -0.15) is 0 Å². The van der Waals surface area contributed by atoms with E-state index in [1.807, 2.05) is 12.1 Å². The maximum atomic E-state index is 13.1. The van der Waals surface area contributed by atoms with E-state index in [0.29, 0.717) is 29.0 Å². The Morgan fingerprint density at radius 3 is 1.71 bits per heavy atom. The number of ether oxygens (including phenoxy) is 2. The topological polar surface area (TPSA) is 52.6 Å². The van der Waals surface area contributed by atoms with Gasteiger partial charge in [0.2, 0.25) is 0 Å². The fourth-order valence-corrected chi connectivity index (χ4v) is 4.09. The normalized spacial score (nSPS) is 10.9. The molecule has 4 nitrogen and oxygen atoms in total. The maximum absolute atomic E-state index is 13.1. The van der Waals surface area contributed by atoms with E-state index in [1.54, 1.807) is 48.5 Å². The number of hydrogen-bond donors (Lipinski definition) is 0. The fourth-order valence-electron chi connectivity index (χ4n) is 4.09. The number of carbonyl (C=O) groups excluding carboxylic acids is 2. The van der Waals surface area contributed by atoms with Gasteiger partial charge in [-0.15, -0.1) is 0 Å². The predicted octanol–water partition coefficient (Wildman–Crippen LogP) is 7.54. The van der Waals surface area contributed by atoms with Crippen LogP contribution in [0, 0.1) is 0 Å². The molecule has 0 N–H and O–H groups in total. The zero-order valence-electron chi connectivity index (χ0n) is 20.6. The molecule has 0 aliphatic carbocycles. The van der Waals surface area contributed by atoms with E-state index in [4.69, 9.17) is 9.47 Å². The molecule has 0 unspecified atom stereocenters. The van der Waals surface area contributed by atoms with Crippen LogP contribution in [-0.2, 0) is 12.8 Å². The Morgan fingerprint density at radius 1 is 0.706 bits per heavy atom. The minimum absolute atomic E-state index is 0.0790. The summed E-state index contributed by atoms with van der Waals surface area (Å²) < 4.78 is 12.0. The van der Waals surface area contributed by atoms with Crippen LogP contribution in [0.15, 0.2) is 66.7 Å². The molecule has 0 spiro atoms. The van der Waals surface area contributed by atoms with Crippen molar-refractivity contribution in [3.05, 3.63) is 94.5 Å². The van der Waals surface area contributed by atoms with E-state index in [1.165, 1.54) is 0 Å². The van der Waals surface area contributed by atoms with Crippen molar-refractivity contribution < 1.29 is 19.1 Å². The number of unbranched alkanes of at least 4 members (excludes halogenated alkanes) is 1. The zero-order valence-corrected chi connectivity index (χ0v) is 20.6. The van der Waals surface area contributed by atoms with Crippen molar-refractivity contribution in [2.45, 2.75) is 65.7 Å². The van der Waals surface area contributed by atoms with E-state index >= 15 is 0 Å². The second-order valence-electron chi connectivity index (χ2n) is 8.79. The van der Waals surface area contributed by atoms with Crippen LogP contribution in [0.5, 0.6) is 11.5 Å². The van der Waals surface area contributed by atoms with E-state index in [0.717, 1.165) is 42.4 Å². The smallest absolute Gasteiger partial charge is 0.343 e. The number of rotatable bonds is 10. The van der Waals surface area contributed by atoms with E-state index < -0.39 is 11.9 Å². The molecule has 0 aliphatic rings. The Balaban J connectivity index is 2.17. The van der Waals surface area contributed by atoms with Gasteiger partial charge in [0.25, 0.3) is 0 Å². The molecular weight excluding hydrogens is 424 g/mol. The molecular formula is C30H34O4. The first-order chi connectivity index (χ1) is 16.5. The summed E-state index contributed by atoms with van der Waals surface area (Å²) in [4.78, 5) is 26.2. The third-order valence-corrected chi connectivity index (χ3v) is 5.74. The molecule has 4 heteroatoms. The Kier molecular flexibility index (Phi) is 9.03. The summed E-state index contributed by atoms with van der Waals surface area (Å²) in [6.45, 7) is 8.40. The van der Waals surface area contributed by atoms with Crippen molar-refractivity contribution in [2.75, 3.05) is 0 Å². The molecule has 0 amide bonds. The third kappa shape index (κ3) is 6.13. The minimum Gasteiger partial charge on any atom is -0.419 e. The Labute approximate surface area is 202 Å². The number of benzene rings is 3. The van der Waals surface area contributed by atoms with Crippen LogP contribution in [0.1, 0.15) is 90.3 Å². The van der Waals surface area contributed by atoms with Crippen molar-refractivity contribution in [3.8, 4) is 11.5 Å². The molecule has 3 aromatic carbocycles. The molecule has 0 atom stereocenters. The SMILES string of the molecule is CCCCc1cc(CCC)c(OC(=O)c2ccccc2)c(OC(=O)c2ccccc2)c1C(C)C. The lowest BCUT2D eigenvalue weighted by molar-refractivity contribution is 0.0679. The molecule has 0 heterocycles. The van der Waals surface area contributed by atoms with E-state index in [9.17, 15) is 9.59 Å². The lowest BCUT2D eigenvalue weighted by Crippen LogP contribution is -2.17. The summed E-state index contributed by atoms with van der Waals surface area (Å²) in [5, 5.41) is 0. The van der Waals surface area contributed by atoms with Crippen LogP contribution in [0.25, 0.3) is 0 Å². The quantitative estimate of drug-likeness (QED) is 0.233. The second kappa shape index (κ2) is 12.2. The summed E-state index contributed by atoms with van der Waals surface area (Å²) in [6, 6.07) is 19.9. The van der Waals surface area contributed by atoms with Gasteiger partial charge >= 0.3 is 11.9 Å². The zero-order chi connectivity index (χ0) is 24.5. The van der Waals surface area contributed by atoms with Gasteiger partial charge in [0.15, 0.2) is 11.5 Å². The van der Waals surface area contributed by atoms with Crippen LogP contribution >= 0.6 is 0 Å². The van der Waals surface area contributed by atoms with Gasteiger partial charge in [-0.05, 0) is 60.6 Å². The molecule has 178 valence electrons. The number of carbonyl (C=O) groups is 2. The van der Waals surface area contributed by atoms with Crippen molar-refractivity contribution in [1.29, 1.82) is 0 Å². The summed E-state index contributed by atoms with van der Waals surface area (Å²) in [6.07, 6.45) is 4.55. The third-order valence-electron chi connectivity index (χ3n) is 5.74. The molecule has 0 saturated carbocycles. The first-order valence-corrected chi connectivity index (χ1v) is 12.2. The maximum Gasteiger partial charge on any atom is 0.343 e. The highest BCUT2D eigenvalue weighted by atomic mass is 16.6. The monoisotopic (exact) mass is 458 g/mol. The first kappa shape index (κ1) is 25.2. The van der Waals surface area contributed by atoms with Crippen LogP contribution in [0.2, 0.25) is 0 Å². The highest BCUT2D eigenvalue weighted by molar-refractivity contribution is 5.93. The molecule has 0 saturated heterocycles. The summed E-state index contributed by atoms with van der Waals surface area (Å²) in [5.41, 5.74) is 3.86. The van der Waals surface area contributed by atoms with Gasteiger partial charge in [-0.3, -0.25) is 0 Å². The van der Waals surface area contributed by atoms with Crippen molar-refractivity contribution in [3.63, 3.8) is 0 Å². The van der Waals surface area contributed by atoms with Crippen LogP contribution in [-0.4, -0.2) is 11.9 Å². The van der Waals surface area contributed by atoms with Gasteiger partial charge < -0.3 is 9.47 Å². The van der Waals surface area contributed by atoms with Gasteiger partial charge in [0.05, 0.1) is 11.1 Å². The summed E-state index contributed by atoms with van der Waals surface area (Å²) >= 11 is 0. The lowest BCUT2D eigenvalue weighted by atomic mass is 9.89. The molecule has 3 rings (SSSR count). The average Bonchev–Trinajstić information content (AvgIpc) is 2.85. The van der Waals surface area contributed by atoms with Crippen LogP contribution < -0.4 is 9.47 Å². The summed E-state index contributed by atoms with van der Waals surface area (Å²) in [5.74, 6) is -0.134. The van der Waals surface area contributed by atoms with Crippen molar-refractivity contribution in [2.24, 2.45) is 0 Å². The van der Waals surface area contributed by atoms with Crippen LogP contribution in [0.4, 0.5) is 0 Å². The molecule has 0 aliphatic heterocycles. The fraction of sp³-hybridized carbons (Fsp3) is 0.333. The molecule has 3 aromatic rings. The van der Waals surface area contributed by atoms with Crippen molar-refractivity contribution in [1.82, 2.24) is 0 Å². The highest BCUT2D eigenvalue weighted by Crippen LogP contribution is 2.43. The summed E-state index contributed by atoms with van der Waals surface area (Å²) in [7, 11) is 0. The molecule has 0 fully saturated rings. The van der Waals surface area contributed by atoms with Gasteiger partial charge in [0, 0.05) is 5.56 Å². The second-order valence-corrected chi connectivity index (χ2v) is 8.79. The van der Waals surface area contributed by atoms with Gasteiger partial charge in [-0.1, -0.05) is 83.0 Å². The molecule has 0 radical (unpaired) electrons. The number of esters is 2. The average molecular weight is 459 g/mol. The van der Waals surface area contributed by atoms with E-state index in [2.05, 4.69) is 33.8 Å². The predicted molar refractivity (Wildman–Crippen MR) is 136 cm³/mol. The number of aryl methyl sites for hydroxylation is 2. The van der Waals surface area contributed by atoms with Gasteiger partial charge in [-0.25, -0.2) is 9.59 Å². The molecule has 34 heavy (non-hydrogen) atoms. The van der Waals surface area contributed by atoms with Gasteiger partial charge in [0.1, 0.15) is 0 Å². The minimum atomic E-state index is -0.467. The Morgan fingerprint density at radius 2 is 1.24 bits per heavy atom. The lowest BCUT2D eigenvalue weighted by Gasteiger charge is -2.23. The molecule has 0 bridgehead atoms. The first-order valence-electron chi connectivity index (χ1n) is 12.2. The highest BCUT2D eigenvalue weighted by Gasteiger charge is 2.26. The Bertz CT molecular complexity index is 1100. The number of hydrogen-bond acceptors (Lipinski definition) is 4. The molecule has 0 aromatic heterocycles. The van der Waals surface area contributed by atoms with E-state index in [-0.39, 0.29) is 5.92 Å². The van der Waals surface area contributed by atoms with Crippen molar-refractivity contribution >= 4 is 11.9 Å².